The Hall–Kier alpha value is -2.82. The monoisotopic (exact) mass is 674 g/mol. The number of benzene rings is 1. The molecule has 2 heterocycles. The number of rotatable bonds is 8. The first kappa shape index (κ1) is 34.6. The van der Waals surface area contributed by atoms with E-state index in [2.05, 4.69) is 70.0 Å². The maximum atomic E-state index is 13.4. The molecular formula is C39H58N6O4. The molecule has 1 unspecified atom stereocenters. The van der Waals surface area contributed by atoms with Gasteiger partial charge in [-0.2, -0.15) is 4.80 Å². The maximum absolute atomic E-state index is 13.4. The summed E-state index contributed by atoms with van der Waals surface area (Å²) in [6.07, 6.45) is 7.73. The first-order chi connectivity index (χ1) is 23.1. The summed E-state index contributed by atoms with van der Waals surface area (Å²) in [5.74, 6) is 0.393. The number of hydrogen-bond acceptors (Lipinski definition) is 8. The average molecular weight is 675 g/mol. The lowest BCUT2D eigenvalue weighted by atomic mass is 9.34. The Morgan fingerprint density at radius 3 is 2.47 bits per heavy atom. The highest BCUT2D eigenvalue weighted by Gasteiger charge is 2.72. The van der Waals surface area contributed by atoms with Crippen LogP contribution in [-0.4, -0.2) is 57.2 Å². The number of nitrogens with zero attached hydrogens (tertiary/aromatic N) is 4. The van der Waals surface area contributed by atoms with Crippen LogP contribution in [0, 0.1) is 56.7 Å². The summed E-state index contributed by atoms with van der Waals surface area (Å²) in [5.41, 5.74) is 13.9. The van der Waals surface area contributed by atoms with Crippen LogP contribution in [0.1, 0.15) is 105 Å². The maximum Gasteiger partial charge on any atom is 0.307 e. The number of carbonyl (C=O) groups is 1. The van der Waals surface area contributed by atoms with E-state index in [1.54, 1.807) is 4.80 Å². The predicted molar refractivity (Wildman–Crippen MR) is 188 cm³/mol. The molecule has 12 atom stereocenters. The SMILES string of the molecule is CC(C)[C@@H](C)[C@@]1(C)CC[C@]2(C)[C@H]3CC[C@@H]4C5(COC[C@]4(C)[C@@H](OC[C@@H](N)c4ccccc4)[C@H](n4nnc(N)n4)C5)C3=CC[C@@]2(C)[C@@H]1C(=O)O. The number of tetrazole rings is 1. The number of carboxylic acid groups (broad SMARTS) is 1. The second-order valence-corrected chi connectivity index (χ2v) is 17.9. The summed E-state index contributed by atoms with van der Waals surface area (Å²) < 4.78 is 13.6. The second kappa shape index (κ2) is 11.9. The standard InChI is InChI=1S/C39H58N6O4/c1-23(2)24(3)35(4)17-18-37(6)26-13-14-30-36(5)21-48-22-39(30,27(26)15-16-38(37,7)31(35)33(46)47)19-29(45-43-34(41)42-44-45)32(36)49-20-28(40)25-11-9-8-10-12-25/h8-12,15,23-24,26,28-32H,13-14,16-22,40H2,1-7H3,(H2,41,43)(H,46,47)/t24-,26+,28-,29-,30+,31-,32+,35-,36+,37-,38+,39?/m1/s1. The van der Waals surface area contributed by atoms with Crippen LogP contribution in [0.2, 0.25) is 0 Å². The third-order valence-corrected chi connectivity index (χ3v) is 15.5. The molecule has 0 spiro atoms. The molecule has 5 N–H and O–H groups in total. The van der Waals surface area contributed by atoms with Crippen molar-refractivity contribution in [1.29, 1.82) is 0 Å². The topological polar surface area (TPSA) is 151 Å². The zero-order valence-electron chi connectivity index (χ0n) is 30.6. The van der Waals surface area contributed by atoms with E-state index >= 15 is 0 Å². The van der Waals surface area contributed by atoms with Gasteiger partial charge in [0.05, 0.1) is 37.9 Å². The number of aromatic nitrogens is 4. The zero-order chi connectivity index (χ0) is 35.1. The van der Waals surface area contributed by atoms with Crippen molar-refractivity contribution in [1.82, 2.24) is 20.2 Å². The molecule has 2 aromatic rings. The van der Waals surface area contributed by atoms with Gasteiger partial charge in [0, 0.05) is 10.8 Å². The van der Waals surface area contributed by atoms with Crippen molar-refractivity contribution in [2.45, 2.75) is 105 Å². The van der Waals surface area contributed by atoms with Gasteiger partial charge >= 0.3 is 5.97 Å². The molecule has 2 bridgehead atoms. The largest absolute Gasteiger partial charge is 0.481 e. The molecule has 10 heteroatoms. The van der Waals surface area contributed by atoms with E-state index in [4.69, 9.17) is 20.9 Å². The predicted octanol–water partition coefficient (Wildman–Crippen LogP) is 6.47. The molecule has 1 aromatic carbocycles. The third-order valence-electron chi connectivity index (χ3n) is 15.5. The number of aliphatic carboxylic acids is 1. The van der Waals surface area contributed by atoms with Gasteiger partial charge in [0.2, 0.25) is 0 Å². The van der Waals surface area contributed by atoms with Crippen molar-refractivity contribution in [2.75, 3.05) is 25.6 Å². The molecule has 4 fully saturated rings. The van der Waals surface area contributed by atoms with Crippen LogP contribution < -0.4 is 11.5 Å². The van der Waals surface area contributed by atoms with Crippen molar-refractivity contribution in [3.63, 3.8) is 0 Å². The van der Waals surface area contributed by atoms with Gasteiger partial charge in [-0.3, -0.25) is 4.79 Å². The fourth-order valence-electron chi connectivity index (χ4n) is 12.5. The molecule has 4 aliphatic carbocycles. The number of anilines is 1. The minimum Gasteiger partial charge on any atom is -0.481 e. The van der Waals surface area contributed by atoms with E-state index in [9.17, 15) is 9.90 Å². The molecule has 1 aromatic heterocycles. The van der Waals surface area contributed by atoms with Crippen molar-refractivity contribution < 1.29 is 19.4 Å². The van der Waals surface area contributed by atoms with Gasteiger partial charge in [0.15, 0.2) is 0 Å². The normalized spacial score (nSPS) is 42.7. The summed E-state index contributed by atoms with van der Waals surface area (Å²) >= 11 is 0. The molecule has 1 aliphatic heterocycles. The number of nitrogen functional groups attached to an aromatic ring is 1. The third kappa shape index (κ3) is 4.90. The van der Waals surface area contributed by atoms with E-state index in [1.807, 2.05) is 30.3 Å². The number of allylic oxidation sites excluding steroid dienone is 1. The van der Waals surface area contributed by atoms with Crippen molar-refractivity contribution in [2.24, 2.45) is 62.4 Å². The van der Waals surface area contributed by atoms with Crippen LogP contribution in [0.4, 0.5) is 5.95 Å². The molecule has 0 radical (unpaired) electrons. The van der Waals surface area contributed by atoms with Crippen LogP contribution in [0.25, 0.3) is 0 Å². The highest BCUT2D eigenvalue weighted by atomic mass is 16.5. The molecule has 10 nitrogen and oxygen atoms in total. The molecule has 5 aliphatic rings. The van der Waals surface area contributed by atoms with Crippen LogP contribution in [-0.2, 0) is 14.3 Å². The lowest BCUT2D eigenvalue weighted by Crippen LogP contribution is -2.69. The Kier molecular flexibility index (Phi) is 8.39. The minimum atomic E-state index is -0.637. The highest BCUT2D eigenvalue weighted by Crippen LogP contribution is 2.75. The fourth-order valence-corrected chi connectivity index (χ4v) is 12.5. The van der Waals surface area contributed by atoms with Gasteiger partial charge in [0.1, 0.15) is 6.04 Å². The molecule has 268 valence electrons. The van der Waals surface area contributed by atoms with Gasteiger partial charge in [0.25, 0.3) is 5.95 Å². The average Bonchev–Trinajstić information content (AvgIpc) is 3.50. The lowest BCUT2D eigenvalue weighted by Gasteiger charge is -2.71. The summed E-state index contributed by atoms with van der Waals surface area (Å²) in [5, 5.41) is 24.1. The smallest absolute Gasteiger partial charge is 0.307 e. The number of nitrogens with two attached hydrogens (primary N) is 2. The Morgan fingerprint density at radius 1 is 1.08 bits per heavy atom. The molecule has 7 rings (SSSR count). The summed E-state index contributed by atoms with van der Waals surface area (Å²) in [7, 11) is 0. The Labute approximate surface area is 291 Å². The summed E-state index contributed by atoms with van der Waals surface area (Å²) in [6.45, 7) is 17.7. The van der Waals surface area contributed by atoms with Gasteiger partial charge in [-0.15, -0.1) is 5.10 Å². The molecule has 0 amide bonds. The Bertz CT molecular complexity index is 1600. The minimum absolute atomic E-state index is 0.146. The summed E-state index contributed by atoms with van der Waals surface area (Å²) in [6, 6.07) is 9.59. The number of carboxylic acids is 1. The quantitative estimate of drug-likeness (QED) is 0.268. The molecule has 49 heavy (non-hydrogen) atoms. The van der Waals surface area contributed by atoms with E-state index in [-0.39, 0.29) is 57.1 Å². The van der Waals surface area contributed by atoms with Crippen LogP contribution in [0.15, 0.2) is 42.0 Å². The zero-order valence-corrected chi connectivity index (χ0v) is 30.6. The Balaban J connectivity index is 1.29. The van der Waals surface area contributed by atoms with Gasteiger partial charge in [-0.05, 0) is 89.2 Å². The first-order valence-electron chi connectivity index (χ1n) is 18.6. The molecule has 3 saturated carbocycles. The van der Waals surface area contributed by atoms with E-state index < -0.39 is 11.9 Å². The number of ether oxygens (including phenoxy) is 2. The van der Waals surface area contributed by atoms with Crippen molar-refractivity contribution in [3.05, 3.63) is 47.5 Å². The number of hydrogen-bond donors (Lipinski definition) is 3. The van der Waals surface area contributed by atoms with E-state index in [1.165, 1.54) is 5.57 Å². The highest BCUT2D eigenvalue weighted by molar-refractivity contribution is 5.73. The van der Waals surface area contributed by atoms with Gasteiger partial charge in [-0.1, -0.05) is 95.5 Å². The Morgan fingerprint density at radius 2 is 1.82 bits per heavy atom. The fraction of sp³-hybridized carbons (Fsp3) is 0.744. The van der Waals surface area contributed by atoms with Crippen molar-refractivity contribution >= 4 is 11.9 Å². The van der Waals surface area contributed by atoms with Crippen LogP contribution in [0.3, 0.4) is 0 Å². The number of fused-ring (bicyclic) bond motifs is 3. The molecule has 1 saturated heterocycles. The van der Waals surface area contributed by atoms with Crippen molar-refractivity contribution in [3.8, 4) is 0 Å². The lowest BCUT2D eigenvalue weighted by molar-refractivity contribution is -0.252. The van der Waals surface area contributed by atoms with E-state index in [0.717, 1.165) is 44.1 Å². The van der Waals surface area contributed by atoms with Crippen LogP contribution in [0.5, 0.6) is 0 Å². The van der Waals surface area contributed by atoms with E-state index in [0.29, 0.717) is 37.6 Å². The first-order valence-corrected chi connectivity index (χ1v) is 18.6. The second-order valence-electron chi connectivity index (χ2n) is 17.9. The van der Waals surface area contributed by atoms with Gasteiger partial charge < -0.3 is 26.0 Å². The molecular weight excluding hydrogens is 616 g/mol. The summed E-state index contributed by atoms with van der Waals surface area (Å²) in [4.78, 5) is 15.1. The van der Waals surface area contributed by atoms with Crippen LogP contribution >= 0.6 is 0 Å². The van der Waals surface area contributed by atoms with Gasteiger partial charge in [-0.25, -0.2) is 0 Å².